The number of hydrogen-bond donors (Lipinski definition) is 1. The van der Waals surface area contributed by atoms with Gasteiger partial charge in [0.25, 0.3) is 0 Å². The lowest BCUT2D eigenvalue weighted by Gasteiger charge is -2.21. The molecule has 2 aromatic rings. The van der Waals surface area contributed by atoms with Crippen LogP contribution in [-0.2, 0) is 5.41 Å². The first-order valence-corrected chi connectivity index (χ1v) is 8.02. The van der Waals surface area contributed by atoms with Crippen molar-refractivity contribution in [3.05, 3.63) is 40.4 Å². The van der Waals surface area contributed by atoms with Gasteiger partial charge in [0, 0.05) is 11.0 Å². The maximum atomic E-state index is 6.48. The van der Waals surface area contributed by atoms with Gasteiger partial charge in [-0.25, -0.2) is 0 Å². The van der Waals surface area contributed by atoms with Crippen LogP contribution >= 0.6 is 11.5 Å². The summed E-state index contributed by atoms with van der Waals surface area (Å²) in [6.45, 7) is 9.16. The third kappa shape index (κ3) is 3.60. The first-order valence-electron chi connectivity index (χ1n) is 7.25. The number of ether oxygens (including phenoxy) is 1. The summed E-state index contributed by atoms with van der Waals surface area (Å²) in [7, 11) is 0. The normalized spacial score (nSPS) is 13.2. The molecule has 1 unspecified atom stereocenters. The second-order valence-corrected chi connectivity index (χ2v) is 6.89. The van der Waals surface area contributed by atoms with E-state index in [9.17, 15) is 0 Å². The molecule has 0 aliphatic heterocycles. The maximum absolute atomic E-state index is 6.48. The van der Waals surface area contributed by atoms with E-state index in [1.807, 2.05) is 24.3 Å². The summed E-state index contributed by atoms with van der Waals surface area (Å²) in [4.78, 5) is 1.01. The Kier molecular flexibility index (Phi) is 4.96. The van der Waals surface area contributed by atoms with E-state index in [0.29, 0.717) is 6.61 Å². The standard InChI is InChI=1S/C16H23N3OS/c1-5-10-20-12-9-7-6-8-11(12)13(17)14-15(16(2,3)4)18-19-21-14/h6-9,13H,5,10,17H2,1-4H3. The van der Waals surface area contributed by atoms with Gasteiger partial charge in [-0.3, -0.25) is 0 Å². The van der Waals surface area contributed by atoms with Gasteiger partial charge in [0.1, 0.15) is 5.75 Å². The first-order chi connectivity index (χ1) is 9.95. The minimum absolute atomic E-state index is 0.0703. The third-order valence-corrected chi connectivity index (χ3v) is 4.03. The van der Waals surface area contributed by atoms with Crippen LogP contribution in [0.5, 0.6) is 5.75 Å². The molecule has 21 heavy (non-hydrogen) atoms. The third-order valence-electron chi connectivity index (χ3n) is 3.22. The monoisotopic (exact) mass is 305 g/mol. The Bertz CT molecular complexity index is 589. The van der Waals surface area contributed by atoms with Crippen molar-refractivity contribution in [3.8, 4) is 5.75 Å². The molecule has 0 amide bonds. The Morgan fingerprint density at radius 1 is 1.29 bits per heavy atom. The van der Waals surface area contributed by atoms with Crippen LogP contribution in [0.1, 0.15) is 56.3 Å². The van der Waals surface area contributed by atoms with E-state index in [1.54, 1.807) is 0 Å². The number of para-hydroxylation sites is 1. The lowest BCUT2D eigenvalue weighted by atomic mass is 9.89. The fourth-order valence-corrected chi connectivity index (χ4v) is 3.03. The maximum Gasteiger partial charge on any atom is 0.124 e. The molecule has 1 atom stereocenters. The van der Waals surface area contributed by atoms with Gasteiger partial charge in [0.15, 0.2) is 0 Å². The van der Waals surface area contributed by atoms with Gasteiger partial charge >= 0.3 is 0 Å². The van der Waals surface area contributed by atoms with Crippen molar-refractivity contribution >= 4 is 11.5 Å². The van der Waals surface area contributed by atoms with Crippen molar-refractivity contribution < 1.29 is 4.74 Å². The molecule has 0 aliphatic rings. The highest BCUT2D eigenvalue weighted by Gasteiger charge is 2.27. The lowest BCUT2D eigenvalue weighted by Crippen LogP contribution is -2.20. The predicted octanol–water partition coefficient (Wildman–Crippen LogP) is 3.67. The van der Waals surface area contributed by atoms with Gasteiger partial charge in [0.2, 0.25) is 0 Å². The van der Waals surface area contributed by atoms with E-state index in [2.05, 4.69) is 37.3 Å². The van der Waals surface area contributed by atoms with Crippen LogP contribution in [0, 0.1) is 0 Å². The number of rotatable bonds is 5. The molecule has 0 spiro atoms. The van der Waals surface area contributed by atoms with Crippen molar-refractivity contribution in [1.29, 1.82) is 0 Å². The average Bonchev–Trinajstić information content (AvgIpc) is 2.94. The smallest absolute Gasteiger partial charge is 0.124 e. The molecule has 1 aromatic carbocycles. The van der Waals surface area contributed by atoms with E-state index in [4.69, 9.17) is 10.5 Å². The summed E-state index contributed by atoms with van der Waals surface area (Å²) in [5, 5.41) is 4.27. The van der Waals surface area contributed by atoms with E-state index in [1.165, 1.54) is 11.5 Å². The molecule has 0 saturated carbocycles. The Balaban J connectivity index is 2.37. The fourth-order valence-electron chi connectivity index (χ4n) is 2.14. The van der Waals surface area contributed by atoms with Crippen molar-refractivity contribution in [2.45, 2.75) is 45.6 Å². The number of aromatic nitrogens is 2. The summed E-state index contributed by atoms with van der Waals surface area (Å²) in [6.07, 6.45) is 0.971. The molecule has 2 rings (SSSR count). The van der Waals surface area contributed by atoms with Gasteiger partial charge in [0.05, 0.1) is 23.2 Å². The SMILES string of the molecule is CCCOc1ccccc1C(N)c1snnc1C(C)(C)C. The quantitative estimate of drug-likeness (QED) is 0.915. The van der Waals surface area contributed by atoms with Crippen LogP contribution < -0.4 is 10.5 Å². The van der Waals surface area contributed by atoms with Gasteiger partial charge in [-0.2, -0.15) is 0 Å². The zero-order valence-electron chi connectivity index (χ0n) is 13.1. The van der Waals surface area contributed by atoms with Crippen LogP contribution in [-0.4, -0.2) is 16.2 Å². The van der Waals surface area contributed by atoms with E-state index >= 15 is 0 Å². The van der Waals surface area contributed by atoms with Gasteiger partial charge < -0.3 is 10.5 Å². The summed E-state index contributed by atoms with van der Waals surface area (Å²) in [5.41, 5.74) is 8.36. The molecule has 0 bridgehead atoms. The number of nitrogens with two attached hydrogens (primary N) is 1. The number of benzene rings is 1. The minimum atomic E-state index is -0.257. The van der Waals surface area contributed by atoms with Crippen molar-refractivity contribution in [2.24, 2.45) is 5.73 Å². The summed E-state index contributed by atoms with van der Waals surface area (Å²) in [5.74, 6) is 0.847. The molecule has 114 valence electrons. The highest BCUT2D eigenvalue weighted by atomic mass is 32.1. The Hall–Kier alpha value is -1.46. The second kappa shape index (κ2) is 6.54. The van der Waals surface area contributed by atoms with Crippen LogP contribution in [0.4, 0.5) is 0 Å². The molecule has 2 N–H and O–H groups in total. The molecular weight excluding hydrogens is 282 g/mol. The first kappa shape index (κ1) is 15.9. The molecular formula is C16H23N3OS. The van der Waals surface area contributed by atoms with Gasteiger partial charge in [-0.15, -0.1) is 5.10 Å². The summed E-state index contributed by atoms with van der Waals surface area (Å²) in [6, 6.07) is 7.68. The zero-order chi connectivity index (χ0) is 15.5. The molecule has 0 fully saturated rings. The molecule has 0 radical (unpaired) electrons. The molecule has 0 aliphatic carbocycles. The van der Waals surface area contributed by atoms with E-state index < -0.39 is 0 Å². The largest absolute Gasteiger partial charge is 0.493 e. The number of hydrogen-bond acceptors (Lipinski definition) is 5. The number of nitrogens with zero attached hydrogens (tertiary/aromatic N) is 2. The van der Waals surface area contributed by atoms with Crippen molar-refractivity contribution in [3.63, 3.8) is 0 Å². The fraction of sp³-hybridized carbons (Fsp3) is 0.500. The molecule has 1 heterocycles. The zero-order valence-corrected chi connectivity index (χ0v) is 13.9. The molecule has 4 nitrogen and oxygen atoms in total. The highest BCUT2D eigenvalue weighted by Crippen LogP contribution is 2.35. The van der Waals surface area contributed by atoms with Crippen molar-refractivity contribution in [2.75, 3.05) is 6.61 Å². The Morgan fingerprint density at radius 3 is 2.67 bits per heavy atom. The summed E-state index contributed by atoms with van der Waals surface area (Å²) >= 11 is 1.37. The minimum Gasteiger partial charge on any atom is -0.493 e. The average molecular weight is 305 g/mol. The molecule has 5 heteroatoms. The highest BCUT2D eigenvalue weighted by molar-refractivity contribution is 7.05. The van der Waals surface area contributed by atoms with Gasteiger partial charge in [-0.1, -0.05) is 50.4 Å². The summed E-state index contributed by atoms with van der Waals surface area (Å²) < 4.78 is 9.91. The topological polar surface area (TPSA) is 61.0 Å². The van der Waals surface area contributed by atoms with E-state index in [0.717, 1.165) is 28.3 Å². The van der Waals surface area contributed by atoms with Crippen molar-refractivity contribution in [1.82, 2.24) is 9.59 Å². The molecule has 0 saturated heterocycles. The second-order valence-electron chi connectivity index (χ2n) is 6.10. The Labute approximate surface area is 130 Å². The van der Waals surface area contributed by atoms with Crippen LogP contribution in [0.2, 0.25) is 0 Å². The Morgan fingerprint density at radius 2 is 2.00 bits per heavy atom. The van der Waals surface area contributed by atoms with Crippen LogP contribution in [0.25, 0.3) is 0 Å². The molecule has 1 aromatic heterocycles. The van der Waals surface area contributed by atoms with E-state index in [-0.39, 0.29) is 11.5 Å². The lowest BCUT2D eigenvalue weighted by molar-refractivity contribution is 0.313. The van der Waals surface area contributed by atoms with Gasteiger partial charge in [-0.05, 0) is 24.0 Å². The predicted molar refractivity (Wildman–Crippen MR) is 86.9 cm³/mol. The van der Waals surface area contributed by atoms with Crippen LogP contribution in [0.15, 0.2) is 24.3 Å². The van der Waals surface area contributed by atoms with Crippen LogP contribution in [0.3, 0.4) is 0 Å².